The third kappa shape index (κ3) is 3.19. The van der Waals surface area contributed by atoms with Gasteiger partial charge in [0, 0.05) is 18.2 Å². The molecule has 1 saturated heterocycles. The molecular weight excluding hydrogens is 240 g/mol. The quantitative estimate of drug-likeness (QED) is 0.874. The maximum absolute atomic E-state index is 10.1. The Kier molecular flexibility index (Phi) is 4.66. The van der Waals surface area contributed by atoms with Crippen molar-refractivity contribution in [3.8, 4) is 11.5 Å². The third-order valence-electron chi connectivity index (χ3n) is 4.08. The van der Waals surface area contributed by atoms with Gasteiger partial charge in [-0.15, -0.1) is 0 Å². The first kappa shape index (κ1) is 14.2. The van der Waals surface area contributed by atoms with Crippen molar-refractivity contribution in [3.05, 3.63) is 23.8 Å². The SMILES string of the molecule is COc1ccc(C(CN)N2CCC(C)CC2)c(O)c1. The number of nitrogens with zero attached hydrogens (tertiary/aromatic N) is 1. The van der Waals surface area contributed by atoms with Crippen molar-refractivity contribution in [1.29, 1.82) is 0 Å². The predicted molar refractivity (Wildman–Crippen MR) is 76.4 cm³/mol. The van der Waals surface area contributed by atoms with Gasteiger partial charge in [0.25, 0.3) is 0 Å². The van der Waals surface area contributed by atoms with Crippen molar-refractivity contribution in [1.82, 2.24) is 4.90 Å². The molecule has 1 fully saturated rings. The van der Waals surface area contributed by atoms with E-state index in [4.69, 9.17) is 10.5 Å². The largest absolute Gasteiger partial charge is 0.507 e. The molecule has 2 rings (SSSR count). The van der Waals surface area contributed by atoms with Crippen LogP contribution >= 0.6 is 0 Å². The van der Waals surface area contributed by atoms with E-state index in [1.807, 2.05) is 12.1 Å². The van der Waals surface area contributed by atoms with Gasteiger partial charge in [-0.2, -0.15) is 0 Å². The summed E-state index contributed by atoms with van der Waals surface area (Å²) >= 11 is 0. The van der Waals surface area contributed by atoms with E-state index in [9.17, 15) is 5.11 Å². The van der Waals surface area contributed by atoms with Crippen molar-refractivity contribution in [2.75, 3.05) is 26.7 Å². The average molecular weight is 264 g/mol. The van der Waals surface area contributed by atoms with Gasteiger partial charge in [-0.3, -0.25) is 4.90 Å². The second-order valence-corrected chi connectivity index (χ2v) is 5.39. The first-order valence-electron chi connectivity index (χ1n) is 6.96. The Morgan fingerprint density at radius 2 is 2.11 bits per heavy atom. The van der Waals surface area contributed by atoms with E-state index in [0.717, 1.165) is 24.6 Å². The molecule has 0 amide bonds. The van der Waals surface area contributed by atoms with Gasteiger partial charge < -0.3 is 15.6 Å². The zero-order valence-corrected chi connectivity index (χ0v) is 11.8. The lowest BCUT2D eigenvalue weighted by molar-refractivity contribution is 0.139. The molecule has 4 heteroatoms. The number of methoxy groups -OCH3 is 1. The van der Waals surface area contributed by atoms with Crippen molar-refractivity contribution in [3.63, 3.8) is 0 Å². The van der Waals surface area contributed by atoms with E-state index >= 15 is 0 Å². The number of nitrogens with two attached hydrogens (primary N) is 1. The molecular formula is C15H24N2O2. The molecule has 0 radical (unpaired) electrons. The molecule has 0 saturated carbocycles. The van der Waals surface area contributed by atoms with Gasteiger partial charge in [-0.05, 0) is 37.9 Å². The molecule has 19 heavy (non-hydrogen) atoms. The highest BCUT2D eigenvalue weighted by molar-refractivity contribution is 5.41. The molecule has 4 nitrogen and oxygen atoms in total. The summed E-state index contributed by atoms with van der Waals surface area (Å²) in [5.41, 5.74) is 6.83. The fourth-order valence-corrected chi connectivity index (χ4v) is 2.75. The lowest BCUT2D eigenvalue weighted by Crippen LogP contribution is -2.39. The Bertz CT molecular complexity index is 415. The molecule has 1 aromatic rings. The van der Waals surface area contributed by atoms with Gasteiger partial charge in [-0.1, -0.05) is 13.0 Å². The van der Waals surface area contributed by atoms with E-state index < -0.39 is 0 Å². The van der Waals surface area contributed by atoms with Crippen molar-refractivity contribution in [2.45, 2.75) is 25.8 Å². The minimum absolute atomic E-state index is 0.0957. The molecule has 1 unspecified atom stereocenters. The standard InChI is InChI=1S/C15H24N2O2/c1-11-5-7-17(8-6-11)14(10-16)13-4-3-12(19-2)9-15(13)18/h3-4,9,11,14,18H,5-8,10,16H2,1-2H3. The van der Waals surface area contributed by atoms with Gasteiger partial charge in [0.2, 0.25) is 0 Å². The van der Waals surface area contributed by atoms with Crippen molar-refractivity contribution >= 4 is 0 Å². The van der Waals surface area contributed by atoms with E-state index in [1.54, 1.807) is 13.2 Å². The Hall–Kier alpha value is -1.26. The molecule has 1 heterocycles. The highest BCUT2D eigenvalue weighted by Gasteiger charge is 2.25. The summed E-state index contributed by atoms with van der Waals surface area (Å²) in [5.74, 6) is 1.73. The summed E-state index contributed by atoms with van der Waals surface area (Å²) in [6.45, 7) is 4.91. The van der Waals surface area contributed by atoms with E-state index in [-0.39, 0.29) is 11.8 Å². The van der Waals surface area contributed by atoms with Crippen LogP contribution in [-0.2, 0) is 0 Å². The maximum atomic E-state index is 10.1. The highest BCUT2D eigenvalue weighted by atomic mass is 16.5. The van der Waals surface area contributed by atoms with E-state index in [1.165, 1.54) is 12.8 Å². The summed E-state index contributed by atoms with van der Waals surface area (Å²) in [5, 5.41) is 10.1. The van der Waals surface area contributed by atoms with Crippen LogP contribution in [0.3, 0.4) is 0 Å². The molecule has 0 bridgehead atoms. The zero-order chi connectivity index (χ0) is 13.8. The molecule has 3 N–H and O–H groups in total. The van der Waals surface area contributed by atoms with Crippen LogP contribution in [0.25, 0.3) is 0 Å². The lowest BCUT2D eigenvalue weighted by atomic mass is 9.95. The van der Waals surface area contributed by atoms with Gasteiger partial charge in [-0.25, -0.2) is 0 Å². The second kappa shape index (κ2) is 6.26. The van der Waals surface area contributed by atoms with Gasteiger partial charge in [0.1, 0.15) is 11.5 Å². The molecule has 106 valence electrons. The van der Waals surface area contributed by atoms with Crippen LogP contribution in [0.4, 0.5) is 0 Å². The Morgan fingerprint density at radius 1 is 1.42 bits per heavy atom. The van der Waals surface area contributed by atoms with Crippen LogP contribution in [0.5, 0.6) is 11.5 Å². The van der Waals surface area contributed by atoms with Crippen molar-refractivity contribution in [2.24, 2.45) is 11.7 Å². The summed E-state index contributed by atoms with van der Waals surface area (Å²) in [6.07, 6.45) is 2.40. The molecule has 1 atom stereocenters. The van der Waals surface area contributed by atoms with E-state index in [2.05, 4.69) is 11.8 Å². The van der Waals surface area contributed by atoms with Gasteiger partial charge in [0.15, 0.2) is 0 Å². The minimum Gasteiger partial charge on any atom is -0.507 e. The Balaban J connectivity index is 2.17. The number of likely N-dealkylation sites (tertiary alicyclic amines) is 1. The Labute approximate surface area is 115 Å². The Morgan fingerprint density at radius 3 is 2.63 bits per heavy atom. The molecule has 0 spiro atoms. The van der Waals surface area contributed by atoms with Crippen LogP contribution in [0.2, 0.25) is 0 Å². The molecule has 1 aromatic carbocycles. The molecule has 0 aliphatic carbocycles. The monoisotopic (exact) mass is 264 g/mol. The van der Waals surface area contributed by atoms with Gasteiger partial charge >= 0.3 is 0 Å². The number of rotatable bonds is 4. The van der Waals surface area contributed by atoms with Crippen LogP contribution in [0, 0.1) is 5.92 Å². The van der Waals surface area contributed by atoms with Crippen LogP contribution in [-0.4, -0.2) is 36.8 Å². The second-order valence-electron chi connectivity index (χ2n) is 5.39. The van der Waals surface area contributed by atoms with E-state index in [0.29, 0.717) is 12.3 Å². The minimum atomic E-state index is 0.0957. The highest BCUT2D eigenvalue weighted by Crippen LogP contribution is 2.33. The fraction of sp³-hybridized carbons (Fsp3) is 0.600. The third-order valence-corrected chi connectivity index (χ3v) is 4.08. The number of benzene rings is 1. The number of ether oxygens (including phenoxy) is 1. The predicted octanol–water partition coefficient (Wildman–Crippen LogP) is 2.13. The maximum Gasteiger partial charge on any atom is 0.124 e. The normalized spacial score (nSPS) is 19.3. The first-order chi connectivity index (χ1) is 9.15. The number of hydrogen-bond donors (Lipinski definition) is 2. The molecule has 0 aromatic heterocycles. The number of phenols is 1. The molecule has 1 aliphatic heterocycles. The number of phenolic OH excluding ortho intramolecular Hbond substituents is 1. The molecule has 1 aliphatic rings. The number of hydrogen-bond acceptors (Lipinski definition) is 4. The number of piperidine rings is 1. The summed E-state index contributed by atoms with van der Waals surface area (Å²) < 4.78 is 5.12. The van der Waals surface area contributed by atoms with Gasteiger partial charge in [0.05, 0.1) is 13.2 Å². The fourth-order valence-electron chi connectivity index (χ4n) is 2.75. The smallest absolute Gasteiger partial charge is 0.124 e. The average Bonchev–Trinajstić information content (AvgIpc) is 2.43. The van der Waals surface area contributed by atoms with Crippen molar-refractivity contribution < 1.29 is 9.84 Å². The topological polar surface area (TPSA) is 58.7 Å². The zero-order valence-electron chi connectivity index (χ0n) is 11.8. The lowest BCUT2D eigenvalue weighted by Gasteiger charge is -2.36. The summed E-state index contributed by atoms with van der Waals surface area (Å²) in [4.78, 5) is 2.38. The van der Waals surface area contributed by atoms with Crippen LogP contribution < -0.4 is 10.5 Å². The van der Waals surface area contributed by atoms with Crippen LogP contribution in [0.15, 0.2) is 18.2 Å². The van der Waals surface area contributed by atoms with Crippen LogP contribution in [0.1, 0.15) is 31.4 Å². The number of aromatic hydroxyl groups is 1. The first-order valence-corrected chi connectivity index (χ1v) is 6.96. The summed E-state index contributed by atoms with van der Waals surface area (Å²) in [7, 11) is 1.60. The summed E-state index contributed by atoms with van der Waals surface area (Å²) in [6, 6.07) is 5.55.